The van der Waals surface area contributed by atoms with Gasteiger partial charge in [-0.1, -0.05) is 6.92 Å². The zero-order valence-corrected chi connectivity index (χ0v) is 23.4. The van der Waals surface area contributed by atoms with Crippen molar-refractivity contribution in [3.05, 3.63) is 65.6 Å². The fraction of sp³-hybridized carbons (Fsp3) is 0.345. The molecular formula is C29H28F4N6O4. The van der Waals surface area contributed by atoms with Crippen LogP contribution in [0.15, 0.2) is 42.9 Å². The van der Waals surface area contributed by atoms with Gasteiger partial charge in [0.1, 0.15) is 40.2 Å². The molecule has 0 bridgehead atoms. The molecule has 0 saturated heterocycles. The molecule has 1 amide bonds. The van der Waals surface area contributed by atoms with Crippen LogP contribution in [0.3, 0.4) is 0 Å². The summed E-state index contributed by atoms with van der Waals surface area (Å²) in [6.07, 6.45) is 0.574. The monoisotopic (exact) mass is 600 g/mol. The highest BCUT2D eigenvalue weighted by molar-refractivity contribution is 6.05. The molecule has 0 aliphatic heterocycles. The van der Waals surface area contributed by atoms with Crippen LogP contribution in [0.2, 0.25) is 0 Å². The Balaban J connectivity index is 1.60. The van der Waals surface area contributed by atoms with Crippen molar-refractivity contribution in [2.75, 3.05) is 17.7 Å². The summed E-state index contributed by atoms with van der Waals surface area (Å²) in [6.45, 7) is 5.40. The number of amides is 1. The number of pyridine rings is 1. The summed E-state index contributed by atoms with van der Waals surface area (Å²) in [7, 11) is 0. The van der Waals surface area contributed by atoms with Gasteiger partial charge in [0.25, 0.3) is 5.91 Å². The van der Waals surface area contributed by atoms with E-state index in [4.69, 9.17) is 15.5 Å². The number of alkyl halides is 3. The molecule has 3 heterocycles. The molecule has 4 aromatic rings. The number of hydrogen-bond donors (Lipinski definition) is 3. The molecule has 4 N–H and O–H groups in total. The summed E-state index contributed by atoms with van der Waals surface area (Å²) in [4.78, 5) is 37.7. The Morgan fingerprint density at radius 1 is 1.16 bits per heavy atom. The second kappa shape index (κ2) is 10.5. The minimum absolute atomic E-state index is 0.0628. The number of carbonyl (C=O) groups excluding carboxylic acids is 1. The van der Waals surface area contributed by atoms with Crippen LogP contribution in [-0.4, -0.2) is 42.9 Å². The van der Waals surface area contributed by atoms with Crippen LogP contribution in [-0.2, 0) is 16.4 Å². The van der Waals surface area contributed by atoms with E-state index in [1.54, 1.807) is 24.4 Å². The lowest BCUT2D eigenvalue weighted by Gasteiger charge is -2.25. The predicted octanol–water partition coefficient (Wildman–Crippen LogP) is 5.71. The molecule has 2 atom stereocenters. The van der Waals surface area contributed by atoms with E-state index in [0.717, 1.165) is 24.4 Å². The lowest BCUT2D eigenvalue weighted by Crippen LogP contribution is -2.29. The highest BCUT2D eigenvalue weighted by Gasteiger charge is 2.50. The average molecular weight is 601 g/mol. The maximum absolute atomic E-state index is 15.6. The van der Waals surface area contributed by atoms with E-state index in [9.17, 15) is 27.9 Å². The fourth-order valence-electron chi connectivity index (χ4n) is 5.69. The van der Waals surface area contributed by atoms with Crippen molar-refractivity contribution in [2.45, 2.75) is 51.6 Å². The van der Waals surface area contributed by atoms with Gasteiger partial charge in [0.2, 0.25) is 0 Å². The number of aromatic nitrogens is 4. The molecule has 10 nitrogen and oxygen atoms in total. The van der Waals surface area contributed by atoms with Crippen LogP contribution >= 0.6 is 0 Å². The Bertz CT molecular complexity index is 1760. The third-order valence-electron chi connectivity index (χ3n) is 7.85. The SMILES string of the molecule is CCOc1cc(C(=O)Nc2cc(C(F)(F)F)ccn2)c(F)cc1-c1nc([C@@]2(C)CC[C@](C)(C(=O)O)C2)n2ccnc(N)c12. The van der Waals surface area contributed by atoms with Crippen molar-refractivity contribution in [2.24, 2.45) is 5.41 Å². The number of halogens is 4. The molecule has 5 rings (SSSR count). The molecule has 1 aliphatic carbocycles. The summed E-state index contributed by atoms with van der Waals surface area (Å²) in [5, 5.41) is 12.0. The van der Waals surface area contributed by atoms with Crippen molar-refractivity contribution in [3.8, 4) is 17.0 Å². The van der Waals surface area contributed by atoms with Crippen molar-refractivity contribution in [1.29, 1.82) is 0 Å². The van der Waals surface area contributed by atoms with Gasteiger partial charge in [0, 0.05) is 29.6 Å². The lowest BCUT2D eigenvalue weighted by molar-refractivity contribution is -0.147. The molecule has 1 aromatic carbocycles. The number of hydrogen-bond acceptors (Lipinski definition) is 7. The summed E-state index contributed by atoms with van der Waals surface area (Å²) < 4.78 is 62.4. The molecular weight excluding hydrogens is 572 g/mol. The molecule has 0 spiro atoms. The van der Waals surface area contributed by atoms with Gasteiger partial charge in [-0.2, -0.15) is 13.2 Å². The van der Waals surface area contributed by atoms with Crippen molar-refractivity contribution < 1.29 is 37.0 Å². The van der Waals surface area contributed by atoms with E-state index in [-0.39, 0.29) is 29.4 Å². The zero-order valence-electron chi connectivity index (χ0n) is 23.4. The van der Waals surface area contributed by atoms with Crippen LogP contribution < -0.4 is 15.8 Å². The average Bonchev–Trinajstić information content (AvgIpc) is 3.49. The Morgan fingerprint density at radius 2 is 1.91 bits per heavy atom. The van der Waals surface area contributed by atoms with Gasteiger partial charge in [0.15, 0.2) is 0 Å². The molecule has 14 heteroatoms. The molecule has 1 aliphatic rings. The third-order valence-corrected chi connectivity index (χ3v) is 7.85. The number of aliphatic carboxylic acids is 1. The van der Waals surface area contributed by atoms with Gasteiger partial charge in [0.05, 0.1) is 23.1 Å². The molecule has 1 saturated carbocycles. The van der Waals surface area contributed by atoms with Crippen molar-refractivity contribution in [1.82, 2.24) is 19.4 Å². The topological polar surface area (TPSA) is 145 Å². The van der Waals surface area contributed by atoms with Crippen LogP contribution in [0.5, 0.6) is 5.75 Å². The van der Waals surface area contributed by atoms with Crippen molar-refractivity contribution >= 4 is 29.0 Å². The Kier molecular flexibility index (Phi) is 7.27. The summed E-state index contributed by atoms with van der Waals surface area (Å²) >= 11 is 0. The normalized spacial score (nSPS) is 20.3. The number of nitrogens with one attached hydrogen (secondary N) is 1. The number of benzene rings is 1. The smallest absolute Gasteiger partial charge is 0.416 e. The van der Waals surface area contributed by atoms with E-state index in [1.165, 1.54) is 6.20 Å². The number of anilines is 2. The van der Waals surface area contributed by atoms with Crippen LogP contribution in [0.4, 0.5) is 29.2 Å². The number of carboxylic acid groups (broad SMARTS) is 1. The van der Waals surface area contributed by atoms with Gasteiger partial charge < -0.3 is 20.9 Å². The molecule has 3 aromatic heterocycles. The number of nitrogen functional groups attached to an aromatic ring is 1. The van der Waals surface area contributed by atoms with Gasteiger partial charge >= 0.3 is 12.1 Å². The maximum Gasteiger partial charge on any atom is 0.416 e. The number of nitrogens with zero attached hydrogens (tertiary/aromatic N) is 4. The third kappa shape index (κ3) is 5.32. The predicted molar refractivity (Wildman–Crippen MR) is 148 cm³/mol. The first-order valence-electron chi connectivity index (χ1n) is 13.3. The number of fused-ring (bicyclic) bond motifs is 1. The highest BCUT2D eigenvalue weighted by Crippen LogP contribution is 2.51. The first-order valence-corrected chi connectivity index (χ1v) is 13.3. The van der Waals surface area contributed by atoms with E-state index in [2.05, 4.69) is 15.3 Å². The second-order valence-corrected chi connectivity index (χ2v) is 11.1. The van der Waals surface area contributed by atoms with Crippen LogP contribution in [0, 0.1) is 11.2 Å². The lowest BCUT2D eigenvalue weighted by atomic mass is 9.81. The zero-order chi connectivity index (χ0) is 31.3. The first kappa shape index (κ1) is 29.7. The Labute approximate surface area is 242 Å². The number of imidazole rings is 1. The standard InChI is InChI=1S/C29H28F4N6O4/c1-4-43-19-13-16(24(40)37-20-11-15(5-8-35-20)29(31,32)33)18(30)12-17(19)21-22-23(34)36-9-10-39(22)25(38-21)27(2)6-7-28(3,14-27)26(41)42/h5,8-13H,4,6-7,14H2,1-3H3,(H2,34,36)(H,41,42)(H,35,37,40)/t27-,28-/m0/s1. The summed E-state index contributed by atoms with van der Waals surface area (Å²) in [6, 6.07) is 3.56. The van der Waals surface area contributed by atoms with E-state index >= 15 is 4.39 Å². The van der Waals surface area contributed by atoms with Gasteiger partial charge in [-0.25, -0.2) is 19.3 Å². The molecule has 1 fully saturated rings. The molecule has 0 unspecified atom stereocenters. The molecule has 226 valence electrons. The van der Waals surface area contributed by atoms with E-state index < -0.39 is 51.6 Å². The minimum Gasteiger partial charge on any atom is -0.493 e. The number of rotatable bonds is 7. The maximum atomic E-state index is 15.6. The number of nitrogens with two attached hydrogens (primary N) is 1. The quantitative estimate of drug-likeness (QED) is 0.229. The van der Waals surface area contributed by atoms with Crippen LogP contribution in [0.25, 0.3) is 16.8 Å². The van der Waals surface area contributed by atoms with Gasteiger partial charge in [-0.05, 0) is 57.4 Å². The first-order chi connectivity index (χ1) is 20.2. The molecule has 43 heavy (non-hydrogen) atoms. The van der Waals surface area contributed by atoms with Crippen molar-refractivity contribution in [3.63, 3.8) is 0 Å². The van der Waals surface area contributed by atoms with E-state index in [0.29, 0.717) is 36.7 Å². The summed E-state index contributed by atoms with van der Waals surface area (Å²) in [5.41, 5.74) is 3.80. The van der Waals surface area contributed by atoms with E-state index in [1.807, 2.05) is 6.92 Å². The Hall–Kier alpha value is -4.75. The molecule has 0 radical (unpaired) electrons. The second-order valence-electron chi connectivity index (χ2n) is 11.1. The number of carboxylic acids is 1. The number of ether oxygens (including phenoxy) is 1. The highest BCUT2D eigenvalue weighted by atomic mass is 19.4. The minimum atomic E-state index is -4.66. The summed E-state index contributed by atoms with van der Waals surface area (Å²) in [5.74, 6) is -2.71. The van der Waals surface area contributed by atoms with Gasteiger partial charge in [-0.15, -0.1) is 0 Å². The van der Waals surface area contributed by atoms with Gasteiger partial charge in [-0.3, -0.25) is 14.0 Å². The Morgan fingerprint density at radius 3 is 2.56 bits per heavy atom. The number of carbonyl (C=O) groups is 2. The van der Waals surface area contributed by atoms with Crippen LogP contribution in [0.1, 0.15) is 61.8 Å². The largest absolute Gasteiger partial charge is 0.493 e. The fourth-order valence-corrected chi connectivity index (χ4v) is 5.69.